The quantitative estimate of drug-likeness (QED) is 0.0324. The Hall–Kier alpha value is -4.28. The largest absolute Gasteiger partial charge is 0.492 e. The van der Waals surface area contributed by atoms with Crippen molar-refractivity contribution in [1.82, 2.24) is 0 Å². The molecule has 0 aliphatic carbocycles. The van der Waals surface area contributed by atoms with Crippen LogP contribution < -0.4 is 9.47 Å². The molecule has 0 spiro atoms. The molecule has 66 heavy (non-hydrogen) atoms. The molecular weight excluding hydrogens is 809 g/mol. The van der Waals surface area contributed by atoms with Crippen molar-refractivity contribution < 1.29 is 19.1 Å². The van der Waals surface area contributed by atoms with Crippen LogP contribution in [0.3, 0.4) is 0 Å². The van der Waals surface area contributed by atoms with Crippen molar-refractivity contribution in [3.05, 3.63) is 94.0 Å². The fourth-order valence-electron chi connectivity index (χ4n) is 8.58. The van der Waals surface area contributed by atoms with E-state index in [0.717, 1.165) is 60.5 Å². The molecule has 0 atom stereocenters. The van der Waals surface area contributed by atoms with Crippen LogP contribution in [0.15, 0.2) is 60.7 Å². The van der Waals surface area contributed by atoms with Crippen LogP contribution in [0, 0.1) is 23.7 Å². The summed E-state index contributed by atoms with van der Waals surface area (Å²) in [7, 11) is 0. The second-order valence-corrected chi connectivity index (χ2v) is 18.8. The molecule has 362 valence electrons. The van der Waals surface area contributed by atoms with Gasteiger partial charge in [0.1, 0.15) is 24.1 Å². The Morgan fingerprint density at radius 2 is 0.576 bits per heavy atom. The van der Waals surface area contributed by atoms with Crippen molar-refractivity contribution in [3.8, 4) is 35.2 Å². The van der Waals surface area contributed by atoms with E-state index in [-0.39, 0.29) is 0 Å². The standard InChI is InChI=1S/C62H90O4/c1-3-5-7-9-11-13-15-17-19-21-23-25-27-29-31-33-35-49-65-61-51-60(48-46-56-39-43-58(54-64)44-40-56)62(52-59(61)47-45-55-37-41-57(53-63)42-38-55)66-50-36-34-32-30-28-26-24-22-20-18-16-14-12-10-8-6-4-2/h37-44,51-54H,3-36,49-50H2,1-2H3. The van der Waals surface area contributed by atoms with Crippen LogP contribution in [-0.2, 0) is 0 Å². The Balaban J connectivity index is 1.50. The first-order valence-electron chi connectivity index (χ1n) is 27.2. The molecule has 4 nitrogen and oxygen atoms in total. The summed E-state index contributed by atoms with van der Waals surface area (Å²) < 4.78 is 13.0. The van der Waals surface area contributed by atoms with Gasteiger partial charge in [-0.1, -0.05) is 267 Å². The van der Waals surface area contributed by atoms with Crippen LogP contribution >= 0.6 is 0 Å². The van der Waals surface area contributed by atoms with Crippen LogP contribution in [0.25, 0.3) is 0 Å². The van der Waals surface area contributed by atoms with Crippen LogP contribution in [0.4, 0.5) is 0 Å². The Bertz CT molecular complexity index is 1650. The minimum atomic E-state index is 0.612. The summed E-state index contributed by atoms with van der Waals surface area (Å²) in [6.07, 6.45) is 47.2. The van der Waals surface area contributed by atoms with Gasteiger partial charge in [0.2, 0.25) is 0 Å². The van der Waals surface area contributed by atoms with Gasteiger partial charge in [0.05, 0.1) is 24.3 Å². The first-order chi connectivity index (χ1) is 32.7. The van der Waals surface area contributed by atoms with Gasteiger partial charge in [-0.25, -0.2) is 0 Å². The molecule has 4 heteroatoms. The fraction of sp³-hybridized carbons (Fsp3) is 0.613. The molecule has 0 aliphatic heterocycles. The zero-order valence-electron chi connectivity index (χ0n) is 42.0. The lowest BCUT2D eigenvalue weighted by Gasteiger charge is -2.14. The lowest BCUT2D eigenvalue weighted by molar-refractivity contribution is 0.111. The van der Waals surface area contributed by atoms with E-state index in [0.29, 0.717) is 35.8 Å². The maximum absolute atomic E-state index is 11.3. The molecule has 3 rings (SSSR count). The van der Waals surface area contributed by atoms with E-state index < -0.39 is 0 Å². The smallest absolute Gasteiger partial charge is 0.150 e. The maximum atomic E-state index is 11.3. The van der Waals surface area contributed by atoms with E-state index in [2.05, 4.69) is 37.5 Å². The summed E-state index contributed by atoms with van der Waals surface area (Å²) in [6.45, 7) is 5.80. The third-order valence-corrected chi connectivity index (χ3v) is 12.9. The van der Waals surface area contributed by atoms with E-state index >= 15 is 0 Å². The van der Waals surface area contributed by atoms with Crippen LogP contribution in [-0.4, -0.2) is 25.8 Å². The lowest BCUT2D eigenvalue weighted by atomic mass is 10.0. The van der Waals surface area contributed by atoms with Gasteiger partial charge >= 0.3 is 0 Å². The molecule has 0 heterocycles. The van der Waals surface area contributed by atoms with Crippen LogP contribution in [0.5, 0.6) is 11.5 Å². The average Bonchev–Trinajstić information content (AvgIpc) is 3.35. The lowest BCUT2D eigenvalue weighted by Crippen LogP contribution is -2.03. The van der Waals surface area contributed by atoms with Gasteiger partial charge in [0.15, 0.2) is 0 Å². The summed E-state index contributed by atoms with van der Waals surface area (Å²) in [5.74, 6) is 14.7. The Labute approximate surface area is 404 Å². The molecule has 0 N–H and O–H groups in total. The van der Waals surface area contributed by atoms with Crippen LogP contribution in [0.2, 0.25) is 0 Å². The summed E-state index contributed by atoms with van der Waals surface area (Å²) in [5.41, 5.74) is 4.44. The predicted molar refractivity (Wildman–Crippen MR) is 281 cm³/mol. The number of hydrogen-bond donors (Lipinski definition) is 0. The molecule has 0 radical (unpaired) electrons. The minimum absolute atomic E-state index is 0.612. The van der Waals surface area contributed by atoms with Gasteiger partial charge in [-0.15, -0.1) is 0 Å². The molecule has 0 saturated heterocycles. The van der Waals surface area contributed by atoms with Crippen molar-refractivity contribution in [1.29, 1.82) is 0 Å². The SMILES string of the molecule is CCCCCCCCCCCCCCCCCCCOc1cc(C#Cc2ccc(C=O)cc2)c(OCCCCCCCCCCCCCCCCCCC)cc1C#Cc1ccc(C=O)cc1. The number of aldehydes is 2. The van der Waals surface area contributed by atoms with E-state index in [1.807, 2.05) is 36.4 Å². The molecule has 3 aromatic rings. The Kier molecular flexibility index (Phi) is 33.8. The third-order valence-electron chi connectivity index (χ3n) is 12.9. The molecule has 0 amide bonds. The highest BCUT2D eigenvalue weighted by Crippen LogP contribution is 2.30. The highest BCUT2D eigenvalue weighted by Gasteiger charge is 2.12. The zero-order chi connectivity index (χ0) is 46.8. The fourth-order valence-corrected chi connectivity index (χ4v) is 8.58. The molecule has 0 unspecified atom stereocenters. The number of benzene rings is 3. The van der Waals surface area contributed by atoms with Crippen molar-refractivity contribution in [2.75, 3.05) is 13.2 Å². The van der Waals surface area contributed by atoms with E-state index in [1.54, 1.807) is 24.3 Å². The average molecular weight is 899 g/mol. The molecule has 0 bridgehead atoms. The van der Waals surface area contributed by atoms with Gasteiger partial charge in [0, 0.05) is 34.4 Å². The van der Waals surface area contributed by atoms with E-state index in [4.69, 9.17) is 9.47 Å². The van der Waals surface area contributed by atoms with Gasteiger partial charge in [0.25, 0.3) is 0 Å². The first-order valence-corrected chi connectivity index (χ1v) is 27.2. The monoisotopic (exact) mass is 899 g/mol. The maximum Gasteiger partial charge on any atom is 0.150 e. The van der Waals surface area contributed by atoms with Crippen LogP contribution in [0.1, 0.15) is 275 Å². The summed E-state index contributed by atoms with van der Waals surface area (Å²) in [4.78, 5) is 22.5. The van der Waals surface area contributed by atoms with Gasteiger partial charge in [-0.05, 0) is 37.1 Å². The van der Waals surface area contributed by atoms with Crippen molar-refractivity contribution in [2.24, 2.45) is 0 Å². The number of carbonyl (C=O) groups is 2. The Morgan fingerprint density at radius 1 is 0.333 bits per heavy atom. The Morgan fingerprint density at radius 3 is 0.818 bits per heavy atom. The molecule has 0 fully saturated rings. The number of rotatable bonds is 40. The number of ether oxygens (including phenoxy) is 2. The highest BCUT2D eigenvalue weighted by atomic mass is 16.5. The van der Waals surface area contributed by atoms with Crippen molar-refractivity contribution in [3.63, 3.8) is 0 Å². The van der Waals surface area contributed by atoms with Crippen molar-refractivity contribution in [2.45, 2.75) is 232 Å². The van der Waals surface area contributed by atoms with E-state index in [1.165, 1.54) is 193 Å². The van der Waals surface area contributed by atoms with Gasteiger partial charge in [-0.3, -0.25) is 9.59 Å². The molecular formula is C62H90O4. The topological polar surface area (TPSA) is 52.6 Å². The number of hydrogen-bond acceptors (Lipinski definition) is 4. The third kappa shape index (κ3) is 28.0. The first kappa shape index (κ1) is 56.0. The summed E-state index contributed by atoms with van der Waals surface area (Å²) >= 11 is 0. The molecule has 0 aromatic heterocycles. The summed E-state index contributed by atoms with van der Waals surface area (Å²) in [5, 5.41) is 0. The van der Waals surface area contributed by atoms with Crippen molar-refractivity contribution >= 4 is 12.6 Å². The molecule has 3 aromatic carbocycles. The predicted octanol–water partition coefficient (Wildman–Crippen LogP) is 18.2. The minimum Gasteiger partial charge on any atom is -0.492 e. The van der Waals surface area contributed by atoms with E-state index in [9.17, 15) is 9.59 Å². The normalized spacial score (nSPS) is 10.8. The second kappa shape index (κ2) is 39.8. The highest BCUT2D eigenvalue weighted by molar-refractivity contribution is 5.75. The number of carbonyl (C=O) groups excluding carboxylic acids is 2. The van der Waals surface area contributed by atoms with Gasteiger partial charge in [-0.2, -0.15) is 0 Å². The molecule has 0 saturated carbocycles. The van der Waals surface area contributed by atoms with Gasteiger partial charge < -0.3 is 9.47 Å². The molecule has 0 aliphatic rings. The number of unbranched alkanes of at least 4 members (excludes halogenated alkanes) is 32. The second-order valence-electron chi connectivity index (χ2n) is 18.8. The summed E-state index contributed by atoms with van der Waals surface area (Å²) in [6, 6.07) is 18.6. The zero-order valence-corrected chi connectivity index (χ0v) is 42.0.